The molecule has 0 radical (unpaired) electrons. The molecule has 0 aliphatic carbocycles. The number of morpholine rings is 1. The maximum atomic E-state index is 12.7. The van der Waals surface area contributed by atoms with E-state index in [1.807, 2.05) is 0 Å². The van der Waals surface area contributed by atoms with Gasteiger partial charge in [-0.2, -0.15) is 0 Å². The largest absolute Gasteiger partial charge is 0.454 e. The normalized spacial score (nSPS) is 15.6. The first-order valence-electron chi connectivity index (χ1n) is 10.5. The van der Waals surface area contributed by atoms with Crippen molar-refractivity contribution in [2.45, 2.75) is 17.9 Å². The average Bonchev–Trinajstić information content (AvgIpc) is 3.31. The van der Waals surface area contributed by atoms with E-state index in [9.17, 15) is 14.4 Å². The summed E-state index contributed by atoms with van der Waals surface area (Å²) < 4.78 is 21.3. The van der Waals surface area contributed by atoms with Crippen molar-refractivity contribution in [3.05, 3.63) is 48.0 Å². The molecule has 2 aromatic carbocycles. The second-order valence-corrected chi connectivity index (χ2v) is 8.40. The van der Waals surface area contributed by atoms with Gasteiger partial charge in [0.15, 0.2) is 17.6 Å². The van der Waals surface area contributed by atoms with Gasteiger partial charge in [0, 0.05) is 29.7 Å². The van der Waals surface area contributed by atoms with Gasteiger partial charge in [-0.3, -0.25) is 9.59 Å². The maximum absolute atomic E-state index is 12.7. The molecular weight excluding hydrogens is 448 g/mol. The van der Waals surface area contributed by atoms with E-state index in [-0.39, 0.29) is 24.4 Å². The van der Waals surface area contributed by atoms with Crippen molar-refractivity contribution in [1.29, 1.82) is 0 Å². The van der Waals surface area contributed by atoms with E-state index >= 15 is 0 Å². The van der Waals surface area contributed by atoms with Gasteiger partial charge in [0.2, 0.25) is 12.7 Å². The zero-order chi connectivity index (χ0) is 23.2. The van der Waals surface area contributed by atoms with Crippen LogP contribution in [0.4, 0.5) is 5.69 Å². The highest BCUT2D eigenvalue weighted by Gasteiger charge is 2.26. The van der Waals surface area contributed by atoms with Crippen LogP contribution in [0.1, 0.15) is 17.3 Å². The standard InChI is InChI=1S/C23H24N2O7S/c1-15(22(27)25-8-10-29-11-9-25)32-23(28)17-4-2-3-5-20(17)33-13-21(26)24-16-6-7-18-19(12-16)31-14-30-18/h2-7,12,15H,8-11,13-14H2,1H3,(H,24,26). The molecule has 2 aromatic rings. The number of benzene rings is 2. The third-order valence-corrected chi connectivity index (χ3v) is 6.15. The fourth-order valence-corrected chi connectivity index (χ4v) is 4.23. The number of nitrogens with one attached hydrogen (secondary N) is 1. The number of rotatable bonds is 7. The molecule has 1 N–H and O–H groups in total. The molecule has 2 aliphatic rings. The lowest BCUT2D eigenvalue weighted by Gasteiger charge is -2.29. The molecule has 174 valence electrons. The predicted octanol–water partition coefficient (Wildman–Crippen LogP) is 2.55. The van der Waals surface area contributed by atoms with Crippen molar-refractivity contribution in [3.63, 3.8) is 0 Å². The number of amides is 2. The lowest BCUT2D eigenvalue weighted by Crippen LogP contribution is -2.46. The molecule has 10 heteroatoms. The maximum Gasteiger partial charge on any atom is 0.340 e. The van der Waals surface area contributed by atoms with Crippen LogP contribution in [0.15, 0.2) is 47.4 Å². The fraction of sp³-hybridized carbons (Fsp3) is 0.348. The topological polar surface area (TPSA) is 103 Å². The van der Waals surface area contributed by atoms with Crippen molar-refractivity contribution in [2.75, 3.05) is 44.2 Å². The molecule has 0 aromatic heterocycles. The van der Waals surface area contributed by atoms with E-state index in [4.69, 9.17) is 18.9 Å². The van der Waals surface area contributed by atoms with E-state index in [2.05, 4.69) is 5.32 Å². The summed E-state index contributed by atoms with van der Waals surface area (Å²) >= 11 is 1.21. The van der Waals surface area contributed by atoms with Gasteiger partial charge in [-0.05, 0) is 31.2 Å². The molecule has 4 rings (SSSR count). The van der Waals surface area contributed by atoms with Gasteiger partial charge < -0.3 is 29.2 Å². The molecule has 2 amide bonds. The Labute approximate surface area is 195 Å². The van der Waals surface area contributed by atoms with Crippen molar-refractivity contribution < 1.29 is 33.3 Å². The Morgan fingerprint density at radius 3 is 2.67 bits per heavy atom. The summed E-state index contributed by atoms with van der Waals surface area (Å²) in [6.45, 7) is 3.62. The molecule has 1 fully saturated rings. The smallest absolute Gasteiger partial charge is 0.340 e. The SMILES string of the molecule is CC(OC(=O)c1ccccc1SCC(=O)Nc1ccc2c(c1)OCO2)C(=O)N1CCOCC1. The number of esters is 1. The molecule has 33 heavy (non-hydrogen) atoms. The number of hydrogen-bond donors (Lipinski definition) is 1. The summed E-state index contributed by atoms with van der Waals surface area (Å²) in [6.07, 6.45) is -0.914. The van der Waals surface area contributed by atoms with Crippen molar-refractivity contribution in [1.82, 2.24) is 4.90 Å². The highest BCUT2D eigenvalue weighted by molar-refractivity contribution is 8.00. The van der Waals surface area contributed by atoms with E-state index in [1.54, 1.807) is 54.3 Å². The minimum Gasteiger partial charge on any atom is -0.454 e. The zero-order valence-electron chi connectivity index (χ0n) is 18.1. The number of fused-ring (bicyclic) bond motifs is 1. The summed E-state index contributed by atoms with van der Waals surface area (Å²) in [6, 6.07) is 12.0. The molecule has 0 saturated carbocycles. The van der Waals surface area contributed by atoms with Gasteiger partial charge in [0.05, 0.1) is 24.5 Å². The summed E-state index contributed by atoms with van der Waals surface area (Å²) in [5.41, 5.74) is 0.896. The number of anilines is 1. The molecule has 1 unspecified atom stereocenters. The van der Waals surface area contributed by atoms with E-state index in [0.717, 1.165) is 0 Å². The molecule has 1 saturated heterocycles. The highest BCUT2D eigenvalue weighted by atomic mass is 32.2. The van der Waals surface area contributed by atoms with Crippen LogP contribution >= 0.6 is 11.8 Å². The van der Waals surface area contributed by atoms with E-state index in [1.165, 1.54) is 11.8 Å². The van der Waals surface area contributed by atoms with Crippen LogP contribution in [0.5, 0.6) is 11.5 Å². The first kappa shape index (κ1) is 22.9. The van der Waals surface area contributed by atoms with Crippen LogP contribution in [-0.4, -0.2) is 67.6 Å². The van der Waals surface area contributed by atoms with Gasteiger partial charge in [0.25, 0.3) is 5.91 Å². The summed E-state index contributed by atoms with van der Waals surface area (Å²) in [7, 11) is 0. The number of nitrogens with zero attached hydrogens (tertiary/aromatic N) is 1. The zero-order valence-corrected chi connectivity index (χ0v) is 18.9. The van der Waals surface area contributed by atoms with Gasteiger partial charge in [-0.15, -0.1) is 11.8 Å². The minimum absolute atomic E-state index is 0.0843. The first-order valence-corrected chi connectivity index (χ1v) is 11.5. The van der Waals surface area contributed by atoms with Crippen LogP contribution in [-0.2, 0) is 19.1 Å². The molecule has 0 bridgehead atoms. The second kappa shape index (κ2) is 10.6. The van der Waals surface area contributed by atoms with Crippen LogP contribution in [0.2, 0.25) is 0 Å². The number of carbonyl (C=O) groups excluding carboxylic acids is 3. The molecule has 9 nitrogen and oxygen atoms in total. The van der Waals surface area contributed by atoms with Crippen LogP contribution in [0.25, 0.3) is 0 Å². The first-order chi connectivity index (χ1) is 16.0. The fourth-order valence-electron chi connectivity index (χ4n) is 3.39. The third-order valence-electron chi connectivity index (χ3n) is 5.08. The Bertz CT molecular complexity index is 1040. The van der Waals surface area contributed by atoms with Crippen molar-refractivity contribution in [2.24, 2.45) is 0 Å². The van der Waals surface area contributed by atoms with E-state index in [0.29, 0.717) is 53.9 Å². The predicted molar refractivity (Wildman–Crippen MR) is 121 cm³/mol. The Balaban J connectivity index is 1.33. The van der Waals surface area contributed by atoms with Gasteiger partial charge in [-0.25, -0.2) is 4.79 Å². The van der Waals surface area contributed by atoms with Crippen molar-refractivity contribution in [3.8, 4) is 11.5 Å². The van der Waals surface area contributed by atoms with Gasteiger partial charge in [0.1, 0.15) is 0 Å². The quantitative estimate of drug-likeness (QED) is 0.485. The Hall–Kier alpha value is -3.24. The third kappa shape index (κ3) is 5.77. The van der Waals surface area contributed by atoms with Gasteiger partial charge >= 0.3 is 5.97 Å². The number of hydrogen-bond acceptors (Lipinski definition) is 8. The van der Waals surface area contributed by atoms with Crippen LogP contribution in [0, 0.1) is 0 Å². The Kier molecular flexibility index (Phi) is 7.36. The molecule has 1 atom stereocenters. The molecule has 2 aliphatic heterocycles. The van der Waals surface area contributed by atoms with E-state index < -0.39 is 12.1 Å². The minimum atomic E-state index is -0.914. The molecule has 2 heterocycles. The van der Waals surface area contributed by atoms with Crippen LogP contribution < -0.4 is 14.8 Å². The number of ether oxygens (including phenoxy) is 4. The molecular formula is C23H24N2O7S. The second-order valence-electron chi connectivity index (χ2n) is 7.39. The Morgan fingerprint density at radius 1 is 1.09 bits per heavy atom. The molecule has 0 spiro atoms. The lowest BCUT2D eigenvalue weighted by molar-refractivity contribution is -0.143. The van der Waals surface area contributed by atoms with Crippen LogP contribution in [0.3, 0.4) is 0 Å². The Morgan fingerprint density at radius 2 is 1.85 bits per heavy atom. The summed E-state index contributed by atoms with van der Waals surface area (Å²) in [5, 5.41) is 2.80. The van der Waals surface area contributed by atoms with Gasteiger partial charge in [-0.1, -0.05) is 12.1 Å². The monoisotopic (exact) mass is 472 g/mol. The summed E-state index contributed by atoms with van der Waals surface area (Å²) in [4.78, 5) is 39.9. The highest BCUT2D eigenvalue weighted by Crippen LogP contribution is 2.34. The number of carbonyl (C=O) groups is 3. The lowest BCUT2D eigenvalue weighted by atomic mass is 10.2. The average molecular weight is 473 g/mol. The number of thioether (sulfide) groups is 1. The van der Waals surface area contributed by atoms with Crippen molar-refractivity contribution >= 4 is 35.2 Å². The summed E-state index contributed by atoms with van der Waals surface area (Å²) in [5.74, 6) is 0.202.